The molecule has 46 heavy (non-hydrogen) atoms. The Hall–Kier alpha value is -1.63. The van der Waals surface area contributed by atoms with Crippen molar-refractivity contribution in [3.63, 3.8) is 0 Å². The van der Waals surface area contributed by atoms with Crippen molar-refractivity contribution in [3.8, 4) is 0 Å². The molecule has 0 bridgehead atoms. The summed E-state index contributed by atoms with van der Waals surface area (Å²) in [5.74, 6) is -0.0551. The average Bonchev–Trinajstić information content (AvgIpc) is 3.05. The molecule has 0 spiro atoms. The van der Waals surface area contributed by atoms with Gasteiger partial charge in [0, 0.05) is 32.4 Å². The number of nitrogens with one attached hydrogen (secondary N) is 2. The van der Waals surface area contributed by atoms with Gasteiger partial charge in [-0.15, -0.1) is 0 Å². The molecule has 1 atom stereocenters. The van der Waals surface area contributed by atoms with Crippen LogP contribution >= 0.6 is 0 Å². The van der Waals surface area contributed by atoms with Crippen molar-refractivity contribution in [1.29, 1.82) is 0 Å². The van der Waals surface area contributed by atoms with E-state index >= 15 is 0 Å². The number of aliphatic hydroxyl groups is 1. The molecule has 0 aliphatic heterocycles. The first-order chi connectivity index (χ1) is 22.5. The maximum absolute atomic E-state index is 12.1. The SMILES string of the molecule is CCCCCCCCCCCC(=O)NCC(O)CNC(=O)CCCCCCCCCCCCCCCOC(=O)CCCCCCC. The van der Waals surface area contributed by atoms with Crippen molar-refractivity contribution < 1.29 is 24.2 Å². The second kappa shape index (κ2) is 36.2. The van der Waals surface area contributed by atoms with Crippen LogP contribution in [0.1, 0.15) is 206 Å². The third kappa shape index (κ3) is 35.2. The van der Waals surface area contributed by atoms with Crippen LogP contribution in [0.4, 0.5) is 0 Å². The Morgan fingerprint density at radius 1 is 0.457 bits per heavy atom. The minimum Gasteiger partial charge on any atom is -0.466 e. The minimum atomic E-state index is -0.748. The summed E-state index contributed by atoms with van der Waals surface area (Å²) in [6.07, 6.45) is 33.2. The van der Waals surface area contributed by atoms with E-state index in [9.17, 15) is 19.5 Å². The molecule has 3 N–H and O–H groups in total. The summed E-state index contributed by atoms with van der Waals surface area (Å²) in [6.45, 7) is 5.40. The number of unbranched alkanes of at least 4 members (excludes halogenated alkanes) is 24. The molecule has 1 unspecified atom stereocenters. The van der Waals surface area contributed by atoms with Crippen LogP contribution in [-0.2, 0) is 19.1 Å². The zero-order valence-electron chi connectivity index (χ0n) is 30.5. The van der Waals surface area contributed by atoms with Crippen molar-refractivity contribution in [3.05, 3.63) is 0 Å². The topological polar surface area (TPSA) is 105 Å². The number of carbonyl (C=O) groups excluding carboxylic acids is 3. The fraction of sp³-hybridized carbons (Fsp3) is 0.923. The number of amides is 2. The van der Waals surface area contributed by atoms with Gasteiger partial charge in [0.1, 0.15) is 0 Å². The molecule has 0 rings (SSSR count). The summed E-state index contributed by atoms with van der Waals surface area (Å²) < 4.78 is 5.35. The number of esters is 1. The highest BCUT2D eigenvalue weighted by Crippen LogP contribution is 2.14. The fourth-order valence-corrected chi connectivity index (χ4v) is 5.77. The Morgan fingerprint density at radius 3 is 1.13 bits per heavy atom. The van der Waals surface area contributed by atoms with Gasteiger partial charge < -0.3 is 20.5 Å². The summed E-state index contributed by atoms with van der Waals surface area (Å²) >= 11 is 0. The Kier molecular flexibility index (Phi) is 34.9. The van der Waals surface area contributed by atoms with Gasteiger partial charge in [-0.2, -0.15) is 0 Å². The number of carbonyl (C=O) groups is 3. The molecule has 0 heterocycles. The summed E-state index contributed by atoms with van der Waals surface area (Å²) in [5.41, 5.74) is 0. The predicted molar refractivity (Wildman–Crippen MR) is 193 cm³/mol. The minimum absolute atomic E-state index is 0.0143. The van der Waals surface area contributed by atoms with E-state index in [1.807, 2.05) is 0 Å². The lowest BCUT2D eigenvalue weighted by atomic mass is 10.0. The van der Waals surface area contributed by atoms with Crippen molar-refractivity contribution in [2.24, 2.45) is 0 Å². The lowest BCUT2D eigenvalue weighted by Crippen LogP contribution is -2.39. The number of hydrogen-bond donors (Lipinski definition) is 3. The second-order valence-corrected chi connectivity index (χ2v) is 13.6. The molecule has 0 fully saturated rings. The maximum Gasteiger partial charge on any atom is 0.305 e. The zero-order chi connectivity index (χ0) is 33.8. The lowest BCUT2D eigenvalue weighted by Gasteiger charge is -2.13. The molecule has 0 radical (unpaired) electrons. The van der Waals surface area contributed by atoms with Crippen LogP contribution in [0.5, 0.6) is 0 Å². The highest BCUT2D eigenvalue weighted by Gasteiger charge is 2.09. The Balaban J connectivity index is 3.37. The predicted octanol–water partition coefficient (Wildman–Crippen LogP) is 9.87. The van der Waals surface area contributed by atoms with E-state index < -0.39 is 6.10 Å². The molecule has 0 saturated heterocycles. The molecule has 0 aromatic carbocycles. The number of hydrogen-bond acceptors (Lipinski definition) is 5. The van der Waals surface area contributed by atoms with Crippen LogP contribution in [0.25, 0.3) is 0 Å². The van der Waals surface area contributed by atoms with Gasteiger partial charge in [0.25, 0.3) is 0 Å². The molecule has 0 aromatic rings. The van der Waals surface area contributed by atoms with Gasteiger partial charge >= 0.3 is 5.97 Å². The monoisotopic (exact) mass is 653 g/mol. The standard InChI is InChI=1S/C39H76N2O5/c1-3-5-7-9-10-16-19-23-26-30-37(43)40-34-36(42)35-41-38(44)31-27-24-20-17-14-12-11-13-15-18-21-25-29-33-46-39(45)32-28-22-8-6-4-2/h36,42H,3-35H2,1-2H3,(H,40,43)(H,41,44). The lowest BCUT2D eigenvalue weighted by molar-refractivity contribution is -0.144. The number of rotatable bonds is 36. The van der Waals surface area contributed by atoms with Gasteiger partial charge in [0.2, 0.25) is 11.8 Å². The molecule has 0 saturated carbocycles. The Morgan fingerprint density at radius 2 is 0.761 bits per heavy atom. The van der Waals surface area contributed by atoms with Crippen molar-refractivity contribution in [1.82, 2.24) is 10.6 Å². The average molecular weight is 653 g/mol. The zero-order valence-corrected chi connectivity index (χ0v) is 30.5. The molecule has 2 amide bonds. The van der Waals surface area contributed by atoms with E-state index in [-0.39, 0.29) is 30.9 Å². The summed E-state index contributed by atoms with van der Waals surface area (Å²) in [7, 11) is 0. The first-order valence-electron chi connectivity index (χ1n) is 19.9. The van der Waals surface area contributed by atoms with Crippen LogP contribution in [-0.4, -0.2) is 48.7 Å². The van der Waals surface area contributed by atoms with Gasteiger partial charge in [-0.3, -0.25) is 14.4 Å². The van der Waals surface area contributed by atoms with Crippen molar-refractivity contribution in [2.75, 3.05) is 19.7 Å². The van der Waals surface area contributed by atoms with E-state index in [0.717, 1.165) is 51.4 Å². The van der Waals surface area contributed by atoms with Crippen LogP contribution in [0, 0.1) is 0 Å². The van der Waals surface area contributed by atoms with E-state index in [1.165, 1.54) is 122 Å². The maximum atomic E-state index is 12.1. The second-order valence-electron chi connectivity index (χ2n) is 13.6. The molecule has 0 aromatic heterocycles. The number of aliphatic hydroxyl groups excluding tert-OH is 1. The van der Waals surface area contributed by atoms with Gasteiger partial charge in [-0.1, -0.05) is 162 Å². The quantitative estimate of drug-likeness (QED) is 0.0462. The van der Waals surface area contributed by atoms with E-state index in [0.29, 0.717) is 25.9 Å². The Bertz CT molecular complexity index is 687. The molecular formula is C39H76N2O5. The van der Waals surface area contributed by atoms with Crippen LogP contribution in [0.3, 0.4) is 0 Å². The third-order valence-corrected chi connectivity index (χ3v) is 8.87. The van der Waals surface area contributed by atoms with Crippen LogP contribution < -0.4 is 10.6 Å². The van der Waals surface area contributed by atoms with Crippen molar-refractivity contribution >= 4 is 17.8 Å². The third-order valence-electron chi connectivity index (χ3n) is 8.87. The molecule has 0 aliphatic rings. The van der Waals surface area contributed by atoms with Gasteiger partial charge in [0.15, 0.2) is 0 Å². The van der Waals surface area contributed by atoms with Crippen LogP contribution in [0.2, 0.25) is 0 Å². The smallest absolute Gasteiger partial charge is 0.305 e. The van der Waals surface area contributed by atoms with Gasteiger partial charge in [0.05, 0.1) is 12.7 Å². The number of ether oxygens (including phenoxy) is 1. The molecule has 7 heteroatoms. The summed E-state index contributed by atoms with van der Waals surface area (Å²) in [4.78, 5) is 35.8. The highest BCUT2D eigenvalue weighted by atomic mass is 16.5. The molecular weight excluding hydrogens is 576 g/mol. The van der Waals surface area contributed by atoms with Crippen molar-refractivity contribution in [2.45, 2.75) is 213 Å². The highest BCUT2D eigenvalue weighted by molar-refractivity contribution is 5.76. The van der Waals surface area contributed by atoms with Gasteiger partial charge in [-0.05, 0) is 25.7 Å². The molecule has 0 aliphatic carbocycles. The Labute approximate surface area is 284 Å². The largest absolute Gasteiger partial charge is 0.466 e. The van der Waals surface area contributed by atoms with Gasteiger partial charge in [-0.25, -0.2) is 0 Å². The molecule has 7 nitrogen and oxygen atoms in total. The van der Waals surface area contributed by atoms with Crippen LogP contribution in [0.15, 0.2) is 0 Å². The first-order valence-corrected chi connectivity index (χ1v) is 19.9. The summed E-state index contributed by atoms with van der Waals surface area (Å²) in [5, 5.41) is 15.7. The van der Waals surface area contributed by atoms with E-state index in [2.05, 4.69) is 24.5 Å². The fourth-order valence-electron chi connectivity index (χ4n) is 5.77. The summed E-state index contributed by atoms with van der Waals surface area (Å²) in [6, 6.07) is 0. The van der Waals surface area contributed by atoms with E-state index in [1.54, 1.807) is 0 Å². The van der Waals surface area contributed by atoms with E-state index in [4.69, 9.17) is 4.74 Å². The normalized spacial score (nSPS) is 11.8. The first kappa shape index (κ1) is 44.4. The molecule has 272 valence electrons.